The van der Waals surface area contributed by atoms with Crippen molar-refractivity contribution in [3.8, 4) is 5.88 Å². The van der Waals surface area contributed by atoms with Gasteiger partial charge in [-0.25, -0.2) is 4.98 Å². The lowest BCUT2D eigenvalue weighted by atomic mass is 10.0. The van der Waals surface area contributed by atoms with Gasteiger partial charge in [-0.3, -0.25) is 4.90 Å². The number of fused-ring (bicyclic) bond motifs is 1. The summed E-state index contributed by atoms with van der Waals surface area (Å²) in [5.41, 5.74) is 0. The Kier molecular flexibility index (Phi) is 3.79. The Morgan fingerprint density at radius 2 is 2.04 bits per heavy atom. The van der Waals surface area contributed by atoms with Crippen molar-refractivity contribution in [2.24, 2.45) is 0 Å². The van der Waals surface area contributed by atoms with E-state index in [1.165, 1.54) is 27.1 Å². The van der Waals surface area contributed by atoms with Gasteiger partial charge in [-0.2, -0.15) is 9.61 Å². The van der Waals surface area contributed by atoms with Crippen molar-refractivity contribution in [1.82, 2.24) is 19.5 Å². The summed E-state index contributed by atoms with van der Waals surface area (Å²) in [5, 5.41) is 16.9. The molecule has 0 unspecified atom stereocenters. The van der Waals surface area contributed by atoms with E-state index in [0.29, 0.717) is 18.2 Å². The number of hydrogen-bond donors (Lipinski definition) is 1. The first-order valence-corrected chi connectivity index (χ1v) is 10.0. The number of nitrogens with zero attached hydrogens (tertiary/aromatic N) is 4. The quantitative estimate of drug-likeness (QED) is 0.755. The SMILES string of the molecule is Oc1c([C@H](c2cccs2)N2CCC3(CC2)OCCO3)sc2ncnn12. The molecule has 0 aromatic carbocycles. The summed E-state index contributed by atoms with van der Waals surface area (Å²) in [6.07, 6.45) is 3.15. The molecule has 2 aliphatic heterocycles. The molecule has 0 aliphatic carbocycles. The Balaban J connectivity index is 1.49. The molecule has 2 saturated heterocycles. The average molecular weight is 378 g/mol. The van der Waals surface area contributed by atoms with Crippen LogP contribution >= 0.6 is 22.7 Å². The van der Waals surface area contributed by atoms with Crippen molar-refractivity contribution in [2.75, 3.05) is 26.3 Å². The molecule has 0 saturated carbocycles. The van der Waals surface area contributed by atoms with E-state index in [1.807, 2.05) is 0 Å². The Hall–Kier alpha value is -1.52. The van der Waals surface area contributed by atoms with Crippen molar-refractivity contribution in [3.63, 3.8) is 0 Å². The molecule has 0 radical (unpaired) electrons. The maximum Gasteiger partial charge on any atom is 0.230 e. The molecule has 7 nitrogen and oxygen atoms in total. The van der Waals surface area contributed by atoms with Crippen molar-refractivity contribution in [2.45, 2.75) is 24.7 Å². The van der Waals surface area contributed by atoms with E-state index >= 15 is 0 Å². The van der Waals surface area contributed by atoms with E-state index < -0.39 is 5.79 Å². The van der Waals surface area contributed by atoms with Gasteiger partial charge in [0.15, 0.2) is 5.79 Å². The van der Waals surface area contributed by atoms with Crippen LogP contribution in [0.3, 0.4) is 0 Å². The van der Waals surface area contributed by atoms with Crippen LogP contribution in [-0.4, -0.2) is 56.7 Å². The highest BCUT2D eigenvalue weighted by molar-refractivity contribution is 7.17. The Labute approximate surface area is 152 Å². The van der Waals surface area contributed by atoms with E-state index in [4.69, 9.17) is 9.47 Å². The predicted octanol–water partition coefficient (Wildman–Crippen LogP) is 2.49. The van der Waals surface area contributed by atoms with Crippen molar-refractivity contribution in [1.29, 1.82) is 0 Å². The molecule has 9 heteroatoms. The fraction of sp³-hybridized carbons (Fsp3) is 0.500. The number of piperidine rings is 1. The third kappa shape index (κ3) is 2.58. The summed E-state index contributed by atoms with van der Waals surface area (Å²) in [6.45, 7) is 3.08. The first-order valence-electron chi connectivity index (χ1n) is 8.32. The minimum Gasteiger partial charge on any atom is -0.492 e. The second-order valence-corrected chi connectivity index (χ2v) is 8.29. The standard InChI is InChI=1S/C16H18N4O3S2/c21-14-13(25-15-17-10-18-20(14)15)12(11-2-1-9-24-11)19-5-3-16(4-6-19)22-7-8-23-16/h1-2,9-10,12,21H,3-8H2/t12-/m0/s1. The zero-order valence-corrected chi connectivity index (χ0v) is 15.1. The van der Waals surface area contributed by atoms with Gasteiger partial charge in [0.25, 0.3) is 0 Å². The van der Waals surface area contributed by atoms with Gasteiger partial charge in [-0.1, -0.05) is 17.4 Å². The minimum atomic E-state index is -0.399. The summed E-state index contributed by atoms with van der Waals surface area (Å²) < 4.78 is 13.2. The molecule has 132 valence electrons. The molecule has 5 heterocycles. The average Bonchev–Trinajstić information content (AvgIpc) is 3.39. The molecule has 0 amide bonds. The van der Waals surface area contributed by atoms with E-state index in [9.17, 15) is 5.11 Å². The number of thiazole rings is 1. The van der Waals surface area contributed by atoms with Gasteiger partial charge >= 0.3 is 0 Å². The first kappa shape index (κ1) is 15.7. The summed E-state index contributed by atoms with van der Waals surface area (Å²) in [7, 11) is 0. The van der Waals surface area contributed by atoms with Gasteiger partial charge in [0.2, 0.25) is 10.8 Å². The zero-order valence-electron chi connectivity index (χ0n) is 13.5. The molecule has 1 N–H and O–H groups in total. The van der Waals surface area contributed by atoms with E-state index in [2.05, 4.69) is 32.5 Å². The van der Waals surface area contributed by atoms with E-state index in [-0.39, 0.29) is 11.9 Å². The molecular formula is C16H18N4O3S2. The van der Waals surface area contributed by atoms with Crippen LogP contribution in [0.25, 0.3) is 4.96 Å². The van der Waals surface area contributed by atoms with Gasteiger partial charge in [-0.05, 0) is 11.4 Å². The van der Waals surface area contributed by atoms with Gasteiger partial charge in [0.1, 0.15) is 6.33 Å². The van der Waals surface area contributed by atoms with Crippen LogP contribution in [0.1, 0.15) is 28.6 Å². The van der Waals surface area contributed by atoms with Crippen molar-refractivity contribution >= 4 is 27.6 Å². The largest absolute Gasteiger partial charge is 0.492 e. The minimum absolute atomic E-state index is 0.00672. The molecule has 1 atom stereocenters. The predicted molar refractivity (Wildman–Crippen MR) is 94.1 cm³/mol. The fourth-order valence-corrected chi connectivity index (χ4v) is 5.73. The van der Waals surface area contributed by atoms with Crippen LogP contribution < -0.4 is 0 Å². The van der Waals surface area contributed by atoms with Crippen LogP contribution in [0, 0.1) is 0 Å². The number of likely N-dealkylation sites (tertiary alicyclic amines) is 1. The van der Waals surface area contributed by atoms with Crippen LogP contribution in [-0.2, 0) is 9.47 Å². The Morgan fingerprint density at radius 1 is 1.24 bits per heavy atom. The van der Waals surface area contributed by atoms with E-state index in [1.54, 1.807) is 11.3 Å². The Bertz CT molecular complexity index is 859. The summed E-state index contributed by atoms with van der Waals surface area (Å²) in [4.78, 5) is 9.43. The number of ether oxygens (including phenoxy) is 2. The molecule has 1 spiro atoms. The molecular weight excluding hydrogens is 360 g/mol. The lowest BCUT2D eigenvalue weighted by molar-refractivity contribution is -0.187. The third-order valence-electron chi connectivity index (χ3n) is 4.94. The summed E-state index contributed by atoms with van der Waals surface area (Å²) >= 11 is 3.20. The zero-order chi connectivity index (χ0) is 16.9. The molecule has 2 fully saturated rings. The van der Waals surface area contributed by atoms with Crippen LogP contribution in [0.5, 0.6) is 5.88 Å². The van der Waals surface area contributed by atoms with Crippen LogP contribution in [0.15, 0.2) is 23.8 Å². The maximum atomic E-state index is 10.7. The number of rotatable bonds is 3. The monoisotopic (exact) mass is 378 g/mol. The molecule has 25 heavy (non-hydrogen) atoms. The van der Waals surface area contributed by atoms with E-state index in [0.717, 1.165) is 30.8 Å². The number of hydrogen-bond acceptors (Lipinski definition) is 8. The van der Waals surface area contributed by atoms with Gasteiger partial charge in [0, 0.05) is 30.8 Å². The van der Waals surface area contributed by atoms with Gasteiger partial charge in [-0.15, -0.1) is 11.3 Å². The van der Waals surface area contributed by atoms with Gasteiger partial charge < -0.3 is 14.6 Å². The number of thiophene rings is 1. The first-order chi connectivity index (χ1) is 12.3. The number of aromatic hydroxyl groups is 1. The third-order valence-corrected chi connectivity index (χ3v) is 6.95. The van der Waals surface area contributed by atoms with Crippen molar-refractivity contribution < 1.29 is 14.6 Å². The highest BCUT2D eigenvalue weighted by atomic mass is 32.1. The van der Waals surface area contributed by atoms with Crippen LogP contribution in [0.2, 0.25) is 0 Å². The fourth-order valence-electron chi connectivity index (χ4n) is 3.70. The molecule has 0 bridgehead atoms. The highest BCUT2D eigenvalue weighted by Gasteiger charge is 2.42. The van der Waals surface area contributed by atoms with Crippen LogP contribution in [0.4, 0.5) is 0 Å². The number of aromatic nitrogens is 3. The second-order valence-electron chi connectivity index (χ2n) is 6.31. The molecule has 5 rings (SSSR count). The topological polar surface area (TPSA) is 72.1 Å². The van der Waals surface area contributed by atoms with Gasteiger partial charge in [0.05, 0.1) is 24.1 Å². The molecule has 3 aromatic heterocycles. The Morgan fingerprint density at radius 3 is 2.72 bits per heavy atom. The smallest absolute Gasteiger partial charge is 0.230 e. The van der Waals surface area contributed by atoms with Crippen molar-refractivity contribution in [3.05, 3.63) is 33.6 Å². The second kappa shape index (κ2) is 6.03. The highest BCUT2D eigenvalue weighted by Crippen LogP contribution is 2.43. The summed E-state index contributed by atoms with van der Waals surface area (Å²) in [5.74, 6) is -0.214. The summed E-state index contributed by atoms with van der Waals surface area (Å²) in [6, 6.07) is 4.18. The maximum absolute atomic E-state index is 10.7. The molecule has 2 aliphatic rings. The lowest BCUT2D eigenvalue weighted by Crippen LogP contribution is -2.46. The lowest BCUT2D eigenvalue weighted by Gasteiger charge is -2.40. The molecule has 3 aromatic rings. The normalized spacial score (nSPS) is 22.1.